The minimum absolute atomic E-state index is 0.0667. The van der Waals surface area contributed by atoms with E-state index in [9.17, 15) is 4.79 Å². The number of hydrogen-bond donors (Lipinski definition) is 0. The number of aromatic nitrogens is 2. The van der Waals surface area contributed by atoms with Crippen LogP contribution in [0.4, 0.5) is 0 Å². The molecule has 0 saturated carbocycles. The zero-order valence-corrected chi connectivity index (χ0v) is 15.3. The van der Waals surface area contributed by atoms with Crippen LogP contribution in [0.15, 0.2) is 50.0 Å². The lowest BCUT2D eigenvalue weighted by Gasteiger charge is -2.16. The number of rotatable bonds is 4. The summed E-state index contributed by atoms with van der Waals surface area (Å²) in [5.74, 6) is 1.29. The number of carbonyl (C=O) groups excluding carboxylic acids is 1. The van der Waals surface area contributed by atoms with E-state index in [0.29, 0.717) is 46.7 Å². The maximum atomic E-state index is 12.3. The highest BCUT2D eigenvalue weighted by molar-refractivity contribution is 9.10. The van der Waals surface area contributed by atoms with E-state index < -0.39 is 0 Å². The quantitative estimate of drug-likeness (QED) is 0.628. The predicted octanol–water partition coefficient (Wildman–Crippen LogP) is 4.26. The van der Waals surface area contributed by atoms with Crippen molar-refractivity contribution in [2.45, 2.75) is 18.9 Å². The first-order chi connectivity index (χ1) is 12.1. The summed E-state index contributed by atoms with van der Waals surface area (Å²) < 4.78 is 11.3. The number of benzene rings is 1. The van der Waals surface area contributed by atoms with Gasteiger partial charge in [-0.3, -0.25) is 4.79 Å². The fourth-order valence-corrected chi connectivity index (χ4v) is 3.40. The summed E-state index contributed by atoms with van der Waals surface area (Å²) in [6, 6.07) is 11.0. The molecule has 1 fully saturated rings. The van der Waals surface area contributed by atoms with Gasteiger partial charge in [-0.05, 0) is 45.8 Å². The molecule has 3 aromatic rings. The third-order valence-corrected chi connectivity index (χ3v) is 4.73. The Labute approximate surface area is 156 Å². The van der Waals surface area contributed by atoms with Gasteiger partial charge in [-0.2, -0.15) is 4.98 Å². The molecule has 1 unspecified atom stereocenters. The average molecular weight is 423 g/mol. The van der Waals surface area contributed by atoms with E-state index in [-0.39, 0.29) is 11.8 Å². The van der Waals surface area contributed by atoms with Gasteiger partial charge in [-0.25, -0.2) is 0 Å². The normalized spacial score (nSPS) is 17.4. The van der Waals surface area contributed by atoms with Crippen LogP contribution in [-0.2, 0) is 11.3 Å². The number of nitrogens with zero attached hydrogens (tertiary/aromatic N) is 3. The van der Waals surface area contributed by atoms with Gasteiger partial charge in [0.05, 0.1) is 0 Å². The Morgan fingerprint density at radius 2 is 2.20 bits per heavy atom. The summed E-state index contributed by atoms with van der Waals surface area (Å²) in [5.41, 5.74) is 0.996. The van der Waals surface area contributed by atoms with Gasteiger partial charge >= 0.3 is 0 Å². The van der Waals surface area contributed by atoms with E-state index in [4.69, 9.17) is 20.5 Å². The molecule has 1 aliphatic rings. The molecule has 1 amide bonds. The molecule has 0 aliphatic carbocycles. The van der Waals surface area contributed by atoms with Crippen LogP contribution >= 0.6 is 27.5 Å². The van der Waals surface area contributed by atoms with Crippen molar-refractivity contribution in [1.82, 2.24) is 15.0 Å². The smallest absolute Gasteiger partial charge is 0.293 e. The Hall–Kier alpha value is -2.12. The minimum Gasteiger partial charge on any atom is -0.444 e. The van der Waals surface area contributed by atoms with E-state index >= 15 is 0 Å². The molecule has 0 radical (unpaired) electrons. The van der Waals surface area contributed by atoms with Gasteiger partial charge in [0, 0.05) is 30.5 Å². The van der Waals surface area contributed by atoms with Crippen LogP contribution in [0.2, 0.25) is 5.02 Å². The van der Waals surface area contributed by atoms with Gasteiger partial charge in [-0.15, -0.1) is 0 Å². The number of hydrogen-bond acceptors (Lipinski definition) is 5. The zero-order valence-electron chi connectivity index (χ0n) is 13.0. The molecule has 8 heteroatoms. The SMILES string of the molecule is O=C1CC(c2noc(-c3ccc(Br)o3)n2)CN1Cc1cccc(Cl)c1. The zero-order chi connectivity index (χ0) is 17.4. The Balaban J connectivity index is 1.48. The fraction of sp³-hybridized carbons (Fsp3) is 0.235. The molecule has 4 rings (SSSR count). The first-order valence-corrected chi connectivity index (χ1v) is 8.87. The van der Waals surface area contributed by atoms with Gasteiger partial charge < -0.3 is 13.8 Å². The standard InChI is InChI=1S/C17H13BrClN3O3/c18-14-5-4-13(24-14)17-20-16(21-25-17)11-7-15(23)22(9-11)8-10-2-1-3-12(19)6-10/h1-6,11H,7-9H2. The van der Waals surface area contributed by atoms with Gasteiger partial charge in [0.2, 0.25) is 5.91 Å². The average Bonchev–Trinajstić information content (AvgIpc) is 3.28. The molecule has 6 nitrogen and oxygen atoms in total. The molecular weight excluding hydrogens is 410 g/mol. The molecule has 1 atom stereocenters. The third kappa shape index (κ3) is 3.48. The fourth-order valence-electron chi connectivity index (χ4n) is 2.88. The number of likely N-dealkylation sites (tertiary alicyclic amines) is 1. The largest absolute Gasteiger partial charge is 0.444 e. The van der Waals surface area contributed by atoms with Gasteiger partial charge in [0.25, 0.3) is 5.89 Å². The van der Waals surface area contributed by atoms with Crippen molar-refractivity contribution in [1.29, 1.82) is 0 Å². The second kappa shape index (κ2) is 6.65. The van der Waals surface area contributed by atoms with Crippen molar-refractivity contribution in [2.75, 3.05) is 6.54 Å². The van der Waals surface area contributed by atoms with E-state index in [0.717, 1.165) is 5.56 Å². The molecule has 1 aromatic carbocycles. The maximum absolute atomic E-state index is 12.3. The Kier molecular flexibility index (Phi) is 4.35. The Morgan fingerprint density at radius 1 is 1.32 bits per heavy atom. The first kappa shape index (κ1) is 16.4. The molecular formula is C17H13BrClN3O3. The third-order valence-electron chi connectivity index (χ3n) is 4.07. The van der Waals surface area contributed by atoms with E-state index in [1.165, 1.54) is 0 Å². The second-order valence-corrected chi connectivity index (χ2v) is 7.08. The summed E-state index contributed by atoms with van der Waals surface area (Å²) >= 11 is 9.24. The molecule has 1 aliphatic heterocycles. The Bertz CT molecular complexity index is 923. The summed E-state index contributed by atoms with van der Waals surface area (Å²) in [6.07, 6.45) is 0.362. The first-order valence-electron chi connectivity index (χ1n) is 7.70. The van der Waals surface area contributed by atoms with Gasteiger partial charge in [-0.1, -0.05) is 28.9 Å². The van der Waals surface area contributed by atoms with Crippen LogP contribution in [0.25, 0.3) is 11.7 Å². The molecule has 2 aromatic heterocycles. The van der Waals surface area contributed by atoms with Crippen LogP contribution in [-0.4, -0.2) is 27.5 Å². The molecule has 0 N–H and O–H groups in total. The van der Waals surface area contributed by atoms with E-state index in [2.05, 4.69) is 26.1 Å². The Morgan fingerprint density at radius 3 is 2.96 bits per heavy atom. The number of furan rings is 1. The van der Waals surface area contributed by atoms with Crippen molar-refractivity contribution in [3.05, 3.63) is 57.5 Å². The van der Waals surface area contributed by atoms with Crippen LogP contribution in [0.3, 0.4) is 0 Å². The molecule has 25 heavy (non-hydrogen) atoms. The highest BCUT2D eigenvalue weighted by Gasteiger charge is 2.34. The van der Waals surface area contributed by atoms with Crippen molar-refractivity contribution in [3.63, 3.8) is 0 Å². The van der Waals surface area contributed by atoms with Crippen LogP contribution in [0, 0.1) is 0 Å². The lowest BCUT2D eigenvalue weighted by molar-refractivity contribution is -0.128. The molecule has 1 saturated heterocycles. The topological polar surface area (TPSA) is 72.4 Å². The minimum atomic E-state index is -0.0948. The lowest BCUT2D eigenvalue weighted by atomic mass is 10.1. The van der Waals surface area contributed by atoms with Crippen molar-refractivity contribution < 1.29 is 13.7 Å². The maximum Gasteiger partial charge on any atom is 0.293 e. The summed E-state index contributed by atoms with van der Waals surface area (Å²) in [5, 5.41) is 4.67. The monoisotopic (exact) mass is 421 g/mol. The second-order valence-electron chi connectivity index (χ2n) is 5.87. The molecule has 3 heterocycles. The number of halogens is 2. The van der Waals surface area contributed by atoms with Crippen molar-refractivity contribution in [2.24, 2.45) is 0 Å². The van der Waals surface area contributed by atoms with Gasteiger partial charge in [0.15, 0.2) is 16.3 Å². The predicted molar refractivity (Wildman–Crippen MR) is 93.9 cm³/mol. The van der Waals surface area contributed by atoms with Crippen LogP contribution in [0.1, 0.15) is 23.7 Å². The van der Waals surface area contributed by atoms with Gasteiger partial charge in [0.1, 0.15) is 0 Å². The lowest BCUT2D eigenvalue weighted by Crippen LogP contribution is -2.24. The molecule has 0 spiro atoms. The number of carbonyl (C=O) groups is 1. The van der Waals surface area contributed by atoms with Crippen LogP contribution < -0.4 is 0 Å². The van der Waals surface area contributed by atoms with E-state index in [1.54, 1.807) is 17.0 Å². The molecule has 0 bridgehead atoms. The van der Waals surface area contributed by atoms with Crippen molar-refractivity contribution in [3.8, 4) is 11.7 Å². The summed E-state index contributed by atoms with van der Waals surface area (Å²) in [4.78, 5) is 18.5. The molecule has 128 valence electrons. The highest BCUT2D eigenvalue weighted by Crippen LogP contribution is 2.30. The summed E-state index contributed by atoms with van der Waals surface area (Å²) in [7, 11) is 0. The highest BCUT2D eigenvalue weighted by atomic mass is 79.9. The van der Waals surface area contributed by atoms with E-state index in [1.807, 2.05) is 24.3 Å². The van der Waals surface area contributed by atoms with Crippen molar-refractivity contribution >= 4 is 33.4 Å². The summed E-state index contributed by atoms with van der Waals surface area (Å²) in [6.45, 7) is 1.07. The number of amides is 1. The van der Waals surface area contributed by atoms with Crippen LogP contribution in [0.5, 0.6) is 0 Å².